The van der Waals surface area contributed by atoms with Gasteiger partial charge in [-0.3, -0.25) is 0 Å². The Labute approximate surface area is 125 Å². The maximum absolute atomic E-state index is 13.6. The van der Waals surface area contributed by atoms with Gasteiger partial charge in [-0.2, -0.15) is 0 Å². The lowest BCUT2D eigenvalue weighted by Gasteiger charge is -2.25. The van der Waals surface area contributed by atoms with Crippen molar-refractivity contribution in [1.82, 2.24) is 4.90 Å². The molecule has 0 aromatic heterocycles. The van der Waals surface area contributed by atoms with Gasteiger partial charge < -0.3 is 15.0 Å². The van der Waals surface area contributed by atoms with E-state index >= 15 is 0 Å². The van der Waals surface area contributed by atoms with Crippen LogP contribution < -0.4 is 10.1 Å². The summed E-state index contributed by atoms with van der Waals surface area (Å²) in [6.07, 6.45) is 0. The van der Waals surface area contributed by atoms with Gasteiger partial charge in [-0.15, -0.1) is 0 Å². The predicted octanol–water partition coefficient (Wildman–Crippen LogP) is 3.55. The number of methoxy groups -OCH3 is 1. The Bertz CT molecular complexity index is 569. The lowest BCUT2D eigenvalue weighted by atomic mass is 10.1. The fourth-order valence-electron chi connectivity index (χ4n) is 2.24. The number of hydrogen-bond donors (Lipinski definition) is 1. The molecule has 0 aliphatic carbocycles. The Balaban J connectivity index is 2.10. The summed E-state index contributed by atoms with van der Waals surface area (Å²) in [5.41, 5.74) is 1.68. The fourth-order valence-corrected chi connectivity index (χ4v) is 2.24. The maximum atomic E-state index is 13.6. The van der Waals surface area contributed by atoms with E-state index in [-0.39, 0.29) is 11.9 Å². The Kier molecular flexibility index (Phi) is 5.17. The first-order valence-electron chi connectivity index (χ1n) is 6.90. The van der Waals surface area contributed by atoms with Crippen LogP contribution in [-0.2, 0) is 0 Å². The molecular weight excluding hydrogens is 267 g/mol. The third-order valence-corrected chi connectivity index (χ3v) is 3.48. The van der Waals surface area contributed by atoms with Crippen molar-refractivity contribution in [2.75, 3.05) is 33.1 Å². The van der Waals surface area contributed by atoms with Crippen molar-refractivity contribution < 1.29 is 9.13 Å². The smallest absolute Gasteiger partial charge is 0.146 e. The van der Waals surface area contributed by atoms with Gasteiger partial charge in [0.05, 0.1) is 18.8 Å². The zero-order chi connectivity index (χ0) is 15.2. The quantitative estimate of drug-likeness (QED) is 0.879. The van der Waals surface area contributed by atoms with Crippen LogP contribution in [0.4, 0.5) is 10.1 Å². The van der Waals surface area contributed by atoms with Crippen LogP contribution >= 0.6 is 0 Å². The van der Waals surface area contributed by atoms with Crippen molar-refractivity contribution in [1.29, 1.82) is 0 Å². The summed E-state index contributed by atoms with van der Waals surface area (Å²) in [7, 11) is 5.67. The second-order valence-corrected chi connectivity index (χ2v) is 5.11. The molecule has 0 bridgehead atoms. The Morgan fingerprint density at radius 3 is 2.33 bits per heavy atom. The van der Waals surface area contributed by atoms with Crippen molar-refractivity contribution in [3.63, 3.8) is 0 Å². The number of hydrogen-bond acceptors (Lipinski definition) is 3. The summed E-state index contributed by atoms with van der Waals surface area (Å²) >= 11 is 0. The van der Waals surface area contributed by atoms with Crippen molar-refractivity contribution >= 4 is 5.69 Å². The molecule has 0 aliphatic rings. The average Bonchev–Trinajstić information content (AvgIpc) is 2.49. The van der Waals surface area contributed by atoms with E-state index in [1.807, 2.05) is 44.4 Å². The summed E-state index contributed by atoms with van der Waals surface area (Å²) in [6, 6.07) is 14.8. The lowest BCUT2D eigenvalue weighted by Crippen LogP contribution is -2.27. The summed E-state index contributed by atoms with van der Waals surface area (Å²) in [5.74, 6) is 0.600. The van der Waals surface area contributed by atoms with Gasteiger partial charge in [0.25, 0.3) is 0 Å². The van der Waals surface area contributed by atoms with E-state index in [2.05, 4.69) is 10.2 Å². The molecule has 1 unspecified atom stereocenters. The van der Waals surface area contributed by atoms with Crippen LogP contribution in [0, 0.1) is 5.82 Å². The van der Waals surface area contributed by atoms with Gasteiger partial charge >= 0.3 is 0 Å². The van der Waals surface area contributed by atoms with Crippen molar-refractivity contribution in [3.05, 3.63) is 59.9 Å². The van der Waals surface area contributed by atoms with Gasteiger partial charge in [-0.05, 0) is 43.9 Å². The van der Waals surface area contributed by atoms with Crippen LogP contribution in [0.3, 0.4) is 0 Å². The molecule has 1 atom stereocenters. The zero-order valence-corrected chi connectivity index (χ0v) is 12.6. The van der Waals surface area contributed by atoms with E-state index < -0.39 is 0 Å². The van der Waals surface area contributed by atoms with E-state index in [1.54, 1.807) is 19.2 Å². The first-order chi connectivity index (χ1) is 10.1. The van der Waals surface area contributed by atoms with Gasteiger partial charge in [0.1, 0.15) is 11.6 Å². The molecule has 0 heterocycles. The molecule has 0 saturated heterocycles. The summed E-state index contributed by atoms with van der Waals surface area (Å²) < 4.78 is 18.8. The third-order valence-electron chi connectivity index (χ3n) is 3.48. The Morgan fingerprint density at radius 1 is 1.10 bits per heavy atom. The third kappa shape index (κ3) is 3.95. The van der Waals surface area contributed by atoms with Gasteiger partial charge in [0.15, 0.2) is 0 Å². The molecule has 0 aliphatic heterocycles. The van der Waals surface area contributed by atoms with Crippen LogP contribution in [-0.4, -0.2) is 32.6 Å². The van der Waals surface area contributed by atoms with E-state index in [1.165, 1.54) is 6.07 Å². The van der Waals surface area contributed by atoms with Crippen LogP contribution in [0.25, 0.3) is 0 Å². The number of likely N-dealkylation sites (N-methyl/N-ethyl adjacent to an activating group) is 1. The highest BCUT2D eigenvalue weighted by molar-refractivity contribution is 5.44. The fraction of sp³-hybridized carbons (Fsp3) is 0.294. The number of ether oxygens (including phenoxy) is 1. The number of para-hydroxylation sites is 1. The SMILES string of the molecule is COc1ccc(C(CNc2ccccc2F)N(C)C)cc1. The number of nitrogens with one attached hydrogen (secondary N) is 1. The molecule has 112 valence electrons. The normalized spacial score (nSPS) is 12.2. The molecule has 21 heavy (non-hydrogen) atoms. The monoisotopic (exact) mass is 288 g/mol. The van der Waals surface area contributed by atoms with Gasteiger partial charge in [-0.1, -0.05) is 24.3 Å². The lowest BCUT2D eigenvalue weighted by molar-refractivity contribution is 0.311. The largest absolute Gasteiger partial charge is 0.497 e. The highest BCUT2D eigenvalue weighted by atomic mass is 19.1. The highest BCUT2D eigenvalue weighted by Crippen LogP contribution is 2.22. The Morgan fingerprint density at radius 2 is 1.76 bits per heavy atom. The second-order valence-electron chi connectivity index (χ2n) is 5.11. The number of rotatable bonds is 6. The van der Waals surface area contributed by atoms with E-state index in [9.17, 15) is 4.39 Å². The van der Waals surface area contributed by atoms with Crippen LogP contribution in [0.15, 0.2) is 48.5 Å². The van der Waals surface area contributed by atoms with Gasteiger partial charge in [0, 0.05) is 6.54 Å². The molecule has 2 rings (SSSR count). The van der Waals surface area contributed by atoms with Gasteiger partial charge in [0.2, 0.25) is 0 Å². The minimum absolute atomic E-state index is 0.149. The first-order valence-corrected chi connectivity index (χ1v) is 6.90. The molecule has 1 N–H and O–H groups in total. The van der Waals surface area contributed by atoms with Crippen molar-refractivity contribution in [2.45, 2.75) is 6.04 Å². The van der Waals surface area contributed by atoms with Crippen LogP contribution in [0.1, 0.15) is 11.6 Å². The molecule has 0 saturated carbocycles. The summed E-state index contributed by atoms with van der Waals surface area (Å²) in [6.45, 7) is 0.625. The predicted molar refractivity (Wildman–Crippen MR) is 84.3 cm³/mol. The second kappa shape index (κ2) is 7.09. The molecule has 3 nitrogen and oxygen atoms in total. The molecule has 0 amide bonds. The minimum atomic E-state index is -0.232. The number of nitrogens with zero attached hydrogens (tertiary/aromatic N) is 1. The maximum Gasteiger partial charge on any atom is 0.146 e. The van der Waals surface area contributed by atoms with E-state index in [4.69, 9.17) is 4.74 Å². The summed E-state index contributed by atoms with van der Waals surface area (Å²) in [5, 5.41) is 3.17. The van der Waals surface area contributed by atoms with Crippen LogP contribution in [0.5, 0.6) is 5.75 Å². The molecule has 2 aromatic rings. The van der Waals surface area contributed by atoms with Crippen LogP contribution in [0.2, 0.25) is 0 Å². The molecule has 2 aromatic carbocycles. The van der Waals surface area contributed by atoms with E-state index in [0.29, 0.717) is 12.2 Å². The number of halogens is 1. The molecule has 0 fully saturated rings. The molecule has 4 heteroatoms. The van der Waals surface area contributed by atoms with Crippen molar-refractivity contribution in [2.24, 2.45) is 0 Å². The zero-order valence-electron chi connectivity index (χ0n) is 12.6. The van der Waals surface area contributed by atoms with Crippen molar-refractivity contribution in [3.8, 4) is 5.75 Å². The molecule has 0 radical (unpaired) electrons. The number of anilines is 1. The number of benzene rings is 2. The summed E-state index contributed by atoms with van der Waals surface area (Å²) in [4.78, 5) is 2.11. The first kappa shape index (κ1) is 15.3. The molecular formula is C17H21FN2O. The average molecular weight is 288 g/mol. The Hall–Kier alpha value is -2.07. The van der Waals surface area contributed by atoms with Gasteiger partial charge in [-0.25, -0.2) is 4.39 Å². The molecule has 0 spiro atoms. The standard InChI is InChI=1S/C17H21FN2O/c1-20(2)17(13-8-10-14(21-3)11-9-13)12-19-16-7-5-4-6-15(16)18/h4-11,17,19H,12H2,1-3H3. The highest BCUT2D eigenvalue weighted by Gasteiger charge is 2.14. The topological polar surface area (TPSA) is 24.5 Å². The minimum Gasteiger partial charge on any atom is -0.497 e. The van der Waals surface area contributed by atoms with E-state index in [0.717, 1.165) is 11.3 Å².